The summed E-state index contributed by atoms with van der Waals surface area (Å²) < 4.78 is 16.7. The van der Waals surface area contributed by atoms with Crippen molar-refractivity contribution in [3.8, 4) is 34.0 Å². The molecule has 6 N–H and O–H groups in total. The van der Waals surface area contributed by atoms with E-state index < -0.39 is 35.5 Å². The number of aromatic amines is 2. The lowest BCUT2D eigenvalue weighted by atomic mass is 10.0. The van der Waals surface area contributed by atoms with Crippen LogP contribution in [0.3, 0.4) is 0 Å². The normalized spacial score (nSPS) is 12.7. The molecular formula is C46H66N8O7. The number of unbranched alkanes of at least 4 members (excludes halogenated alkanes) is 2. The van der Waals surface area contributed by atoms with Crippen LogP contribution in [0.5, 0.6) is 11.5 Å². The van der Waals surface area contributed by atoms with Gasteiger partial charge >= 0.3 is 12.2 Å². The van der Waals surface area contributed by atoms with Crippen molar-refractivity contribution < 1.29 is 33.4 Å². The average Bonchev–Trinajstić information content (AvgIpc) is 3.85. The molecule has 15 heteroatoms. The molecule has 0 aliphatic heterocycles. The third-order valence-corrected chi connectivity index (χ3v) is 9.35. The Kier molecular flexibility index (Phi) is 17.3. The molecule has 4 amide bonds. The number of ether oxygens (including phenoxy) is 3. The Morgan fingerprint density at radius 2 is 0.934 bits per heavy atom. The van der Waals surface area contributed by atoms with Gasteiger partial charge < -0.3 is 45.4 Å². The van der Waals surface area contributed by atoms with Crippen molar-refractivity contribution in [2.45, 2.75) is 131 Å². The third-order valence-electron chi connectivity index (χ3n) is 9.35. The monoisotopic (exact) mass is 843 g/mol. The Morgan fingerprint density at radius 1 is 0.574 bits per heavy atom. The van der Waals surface area contributed by atoms with Crippen molar-refractivity contribution in [3.63, 3.8) is 0 Å². The molecule has 0 saturated carbocycles. The summed E-state index contributed by atoms with van der Waals surface area (Å²) >= 11 is 0. The summed E-state index contributed by atoms with van der Waals surface area (Å²) in [5.74, 6) is 2.51. The Hall–Kier alpha value is -5.86. The number of hydrogen-bond acceptors (Lipinski definition) is 9. The first kappa shape index (κ1) is 47.8. The molecule has 2 atom stereocenters. The number of carbonyl (C=O) groups excluding carboxylic acids is 4. The maximum absolute atomic E-state index is 12.8. The molecule has 0 bridgehead atoms. The zero-order valence-electron chi connectivity index (χ0n) is 37.5. The topological polar surface area (TPSA) is 201 Å². The van der Waals surface area contributed by atoms with Gasteiger partial charge in [-0.3, -0.25) is 9.59 Å². The highest BCUT2D eigenvalue weighted by molar-refractivity contribution is 5.86. The number of nitrogens with zero attached hydrogens (tertiary/aromatic N) is 2. The van der Waals surface area contributed by atoms with Crippen molar-refractivity contribution in [1.29, 1.82) is 0 Å². The summed E-state index contributed by atoms with van der Waals surface area (Å²) in [6, 6.07) is 14.3. The number of aryl methyl sites for hydroxylation is 2. The van der Waals surface area contributed by atoms with Crippen molar-refractivity contribution >= 4 is 24.0 Å². The number of nitrogens with one attached hydrogen (secondary N) is 6. The first-order valence-corrected chi connectivity index (χ1v) is 21.3. The van der Waals surface area contributed by atoms with E-state index in [1.807, 2.05) is 88.6 Å². The molecule has 0 saturated heterocycles. The third kappa shape index (κ3) is 16.6. The zero-order chi connectivity index (χ0) is 44.7. The molecule has 0 spiro atoms. The lowest BCUT2D eigenvalue weighted by molar-refractivity contribution is -0.124. The molecule has 4 rings (SSSR count). The van der Waals surface area contributed by atoms with Gasteiger partial charge in [0.15, 0.2) is 0 Å². The van der Waals surface area contributed by atoms with Gasteiger partial charge in [0.2, 0.25) is 11.8 Å². The first-order valence-electron chi connectivity index (χ1n) is 21.3. The van der Waals surface area contributed by atoms with E-state index in [9.17, 15) is 19.2 Å². The SMILES string of the molecule is CC(C)C(NC(=O)OC(C)(C)C)C(=O)NCCCCc1ncc(-c2ccc(Oc3ccc(-c4cnc(CCCCNC(=O)C(NC(=O)OC(C)(C)C)C(C)C)[nH]4)cc3)cc2)[nH]1. The van der Waals surface area contributed by atoms with Gasteiger partial charge in [-0.15, -0.1) is 0 Å². The maximum Gasteiger partial charge on any atom is 0.408 e. The van der Waals surface area contributed by atoms with Crippen LogP contribution in [0, 0.1) is 11.8 Å². The summed E-state index contributed by atoms with van der Waals surface area (Å²) in [6.45, 7) is 19.2. The van der Waals surface area contributed by atoms with Crippen LogP contribution < -0.4 is 26.0 Å². The second-order valence-corrected chi connectivity index (χ2v) is 17.9. The van der Waals surface area contributed by atoms with Crippen molar-refractivity contribution in [3.05, 3.63) is 72.6 Å². The highest BCUT2D eigenvalue weighted by atomic mass is 16.6. The number of carbonyl (C=O) groups is 4. The van der Waals surface area contributed by atoms with Crippen molar-refractivity contribution in [1.82, 2.24) is 41.2 Å². The number of imidazole rings is 2. The van der Waals surface area contributed by atoms with E-state index in [0.717, 1.165) is 72.7 Å². The van der Waals surface area contributed by atoms with Crippen LogP contribution in [0.4, 0.5) is 9.59 Å². The number of amides is 4. The number of benzene rings is 2. The Bertz CT molecular complexity index is 1860. The van der Waals surface area contributed by atoms with Gasteiger partial charge in [-0.1, -0.05) is 27.7 Å². The number of aromatic nitrogens is 4. The fraction of sp³-hybridized carbons (Fsp3) is 0.522. The number of rotatable bonds is 20. The van der Waals surface area contributed by atoms with E-state index >= 15 is 0 Å². The molecule has 15 nitrogen and oxygen atoms in total. The summed E-state index contributed by atoms with van der Waals surface area (Å²) in [5, 5.41) is 11.2. The molecular weight excluding hydrogens is 777 g/mol. The molecule has 2 aromatic heterocycles. The van der Waals surface area contributed by atoms with Gasteiger partial charge in [0.05, 0.1) is 23.8 Å². The number of hydrogen-bond donors (Lipinski definition) is 6. The first-order chi connectivity index (χ1) is 28.8. The van der Waals surface area contributed by atoms with Crippen molar-refractivity contribution in [2.24, 2.45) is 11.8 Å². The smallest absolute Gasteiger partial charge is 0.408 e. The van der Waals surface area contributed by atoms with E-state index in [2.05, 4.69) is 41.2 Å². The van der Waals surface area contributed by atoms with E-state index in [-0.39, 0.29) is 23.7 Å². The standard InChI is InChI=1S/C46H66N8O7/c1-29(2)39(53-43(57)60-45(5,6)7)41(55)47-25-13-11-15-37-49-27-35(51-37)31-17-21-33(22-18-31)59-34-23-19-32(20-24-34)36-28-50-38(52-36)16-12-14-26-48-42(56)40(30(3)4)54-44(58)61-46(8,9)10/h17-24,27-30,39-40H,11-16,25-26H2,1-10H3,(H,47,55)(H,48,56)(H,49,51)(H,50,52)(H,53,57)(H,54,58). The van der Waals surface area contributed by atoms with Gasteiger partial charge in [0.25, 0.3) is 0 Å². The van der Waals surface area contributed by atoms with Gasteiger partial charge in [0, 0.05) is 25.9 Å². The second-order valence-electron chi connectivity index (χ2n) is 17.9. The Labute approximate surface area is 360 Å². The minimum Gasteiger partial charge on any atom is -0.457 e. The van der Waals surface area contributed by atoms with Gasteiger partial charge in [0.1, 0.15) is 46.4 Å². The van der Waals surface area contributed by atoms with E-state index in [0.29, 0.717) is 24.6 Å². The molecule has 61 heavy (non-hydrogen) atoms. The average molecular weight is 843 g/mol. The Morgan fingerprint density at radius 3 is 1.26 bits per heavy atom. The fourth-order valence-electron chi connectivity index (χ4n) is 6.23. The molecule has 2 unspecified atom stereocenters. The van der Waals surface area contributed by atoms with Gasteiger partial charge in [-0.2, -0.15) is 0 Å². The van der Waals surface area contributed by atoms with Crippen LogP contribution in [0.25, 0.3) is 22.5 Å². The van der Waals surface area contributed by atoms with E-state index in [1.54, 1.807) is 41.5 Å². The molecule has 0 radical (unpaired) electrons. The molecule has 0 aliphatic carbocycles. The predicted octanol–water partition coefficient (Wildman–Crippen LogP) is 8.24. The fourth-order valence-corrected chi connectivity index (χ4v) is 6.23. The molecule has 0 aliphatic rings. The summed E-state index contributed by atoms with van der Waals surface area (Å²) in [4.78, 5) is 65.8. The van der Waals surface area contributed by atoms with Crippen LogP contribution in [0.2, 0.25) is 0 Å². The maximum atomic E-state index is 12.8. The minimum atomic E-state index is -0.677. The van der Waals surface area contributed by atoms with Crippen LogP contribution in [0.15, 0.2) is 60.9 Å². The van der Waals surface area contributed by atoms with Crippen LogP contribution in [-0.4, -0.2) is 80.3 Å². The van der Waals surface area contributed by atoms with Crippen LogP contribution >= 0.6 is 0 Å². The summed E-state index contributed by atoms with van der Waals surface area (Å²) in [7, 11) is 0. The zero-order valence-corrected chi connectivity index (χ0v) is 37.5. The lowest BCUT2D eigenvalue weighted by Crippen LogP contribution is -2.51. The minimum absolute atomic E-state index is 0.0903. The number of alkyl carbamates (subject to hydrolysis) is 2. The molecule has 2 heterocycles. The highest BCUT2D eigenvalue weighted by Gasteiger charge is 2.28. The molecule has 0 fully saturated rings. The molecule has 4 aromatic rings. The van der Waals surface area contributed by atoms with Crippen LogP contribution in [-0.2, 0) is 31.9 Å². The summed E-state index contributed by atoms with van der Waals surface area (Å²) in [6.07, 6.45) is 7.07. The quantitative estimate of drug-likeness (QED) is 0.0474. The van der Waals surface area contributed by atoms with Crippen molar-refractivity contribution in [2.75, 3.05) is 13.1 Å². The predicted molar refractivity (Wildman–Crippen MR) is 236 cm³/mol. The summed E-state index contributed by atoms with van der Waals surface area (Å²) in [5.41, 5.74) is 2.49. The van der Waals surface area contributed by atoms with Gasteiger partial charge in [-0.25, -0.2) is 19.6 Å². The van der Waals surface area contributed by atoms with E-state index in [1.165, 1.54) is 0 Å². The Balaban J connectivity index is 1.16. The largest absolute Gasteiger partial charge is 0.457 e. The number of H-pyrrole nitrogens is 2. The molecule has 332 valence electrons. The lowest BCUT2D eigenvalue weighted by Gasteiger charge is -2.25. The van der Waals surface area contributed by atoms with E-state index in [4.69, 9.17) is 14.2 Å². The molecule has 2 aromatic carbocycles. The highest BCUT2D eigenvalue weighted by Crippen LogP contribution is 2.28. The van der Waals surface area contributed by atoms with Gasteiger partial charge in [-0.05, 0) is 139 Å². The van der Waals surface area contributed by atoms with Crippen LogP contribution in [0.1, 0.15) is 107 Å². The second kappa shape index (κ2) is 22.1.